The number of halogens is 2. The van der Waals surface area contributed by atoms with Crippen LogP contribution >= 0.6 is 0 Å². The summed E-state index contributed by atoms with van der Waals surface area (Å²) in [7, 11) is -4.00. The minimum atomic E-state index is -4.00. The van der Waals surface area contributed by atoms with E-state index < -0.39 is 26.6 Å². The van der Waals surface area contributed by atoms with Gasteiger partial charge in [0.2, 0.25) is 10.0 Å². The summed E-state index contributed by atoms with van der Waals surface area (Å²) >= 11 is 0. The molecule has 0 aromatic heterocycles. The lowest BCUT2D eigenvalue weighted by Gasteiger charge is -2.30. The quantitative estimate of drug-likeness (QED) is 0.887. The Morgan fingerprint density at radius 2 is 1.76 bits per heavy atom. The molecule has 1 aromatic carbocycles. The highest BCUT2D eigenvalue weighted by Gasteiger charge is 2.48. The van der Waals surface area contributed by atoms with Gasteiger partial charge in [-0.05, 0) is 43.2 Å². The van der Waals surface area contributed by atoms with Crippen molar-refractivity contribution >= 4 is 10.0 Å². The molecule has 0 saturated heterocycles. The number of benzene rings is 1. The lowest BCUT2D eigenvalue weighted by molar-refractivity contribution is 0.153. The second-order valence-electron chi connectivity index (χ2n) is 5.93. The molecular formula is C14H17F2NO3S. The first-order chi connectivity index (χ1) is 9.90. The number of sulfonamides is 1. The Balaban J connectivity index is 1.86. The highest BCUT2D eigenvalue weighted by atomic mass is 32.2. The van der Waals surface area contributed by atoms with Gasteiger partial charge >= 0.3 is 0 Å². The zero-order valence-electron chi connectivity index (χ0n) is 11.3. The molecule has 1 aromatic rings. The Hall–Kier alpha value is -1.05. The van der Waals surface area contributed by atoms with E-state index in [9.17, 15) is 22.3 Å². The van der Waals surface area contributed by atoms with Crippen molar-refractivity contribution in [1.82, 2.24) is 4.72 Å². The lowest BCUT2D eigenvalue weighted by atomic mass is 9.86. The van der Waals surface area contributed by atoms with E-state index in [1.54, 1.807) is 0 Å². The Labute approximate surface area is 122 Å². The van der Waals surface area contributed by atoms with Gasteiger partial charge in [0.15, 0.2) is 0 Å². The molecule has 2 N–H and O–H groups in total. The van der Waals surface area contributed by atoms with Gasteiger partial charge in [0, 0.05) is 24.6 Å². The first kappa shape index (κ1) is 14.9. The van der Waals surface area contributed by atoms with Crippen molar-refractivity contribution in [3.05, 3.63) is 29.8 Å². The van der Waals surface area contributed by atoms with Crippen LogP contribution in [0.2, 0.25) is 0 Å². The SMILES string of the molecule is O=S(=O)(NC1C2CCC(C2)C1CO)c1cc(F)cc(F)c1. The topological polar surface area (TPSA) is 66.4 Å². The van der Waals surface area contributed by atoms with Crippen LogP contribution in [0.25, 0.3) is 0 Å². The largest absolute Gasteiger partial charge is 0.396 e. The van der Waals surface area contributed by atoms with Gasteiger partial charge in [-0.25, -0.2) is 21.9 Å². The highest BCUT2D eigenvalue weighted by molar-refractivity contribution is 7.89. The zero-order valence-corrected chi connectivity index (χ0v) is 12.1. The molecule has 4 nitrogen and oxygen atoms in total. The van der Waals surface area contributed by atoms with Gasteiger partial charge in [-0.2, -0.15) is 0 Å². The minimum Gasteiger partial charge on any atom is -0.396 e. The van der Waals surface area contributed by atoms with Gasteiger partial charge in [-0.15, -0.1) is 0 Å². The van der Waals surface area contributed by atoms with E-state index in [1.807, 2.05) is 0 Å². The summed E-state index contributed by atoms with van der Waals surface area (Å²) in [6, 6.07) is 1.87. The molecule has 116 valence electrons. The van der Waals surface area contributed by atoms with Crippen molar-refractivity contribution in [3.63, 3.8) is 0 Å². The third-order valence-electron chi connectivity index (χ3n) is 4.74. The molecule has 2 bridgehead atoms. The van der Waals surface area contributed by atoms with Gasteiger partial charge in [0.25, 0.3) is 0 Å². The normalized spacial score (nSPS) is 31.8. The molecule has 7 heteroatoms. The van der Waals surface area contributed by atoms with Crippen LogP contribution < -0.4 is 4.72 Å². The summed E-state index contributed by atoms with van der Waals surface area (Å²) in [5, 5.41) is 9.46. The van der Waals surface area contributed by atoms with Crippen LogP contribution in [0.4, 0.5) is 8.78 Å². The van der Waals surface area contributed by atoms with E-state index in [1.165, 1.54) is 0 Å². The number of hydrogen-bond acceptors (Lipinski definition) is 3. The van der Waals surface area contributed by atoms with E-state index in [0.717, 1.165) is 31.4 Å². The monoisotopic (exact) mass is 317 g/mol. The summed E-state index contributed by atoms with van der Waals surface area (Å²) in [6.07, 6.45) is 2.82. The molecule has 0 aliphatic heterocycles. The van der Waals surface area contributed by atoms with Gasteiger partial charge < -0.3 is 5.11 Å². The molecule has 2 aliphatic rings. The number of hydrogen-bond donors (Lipinski definition) is 2. The highest BCUT2D eigenvalue weighted by Crippen LogP contribution is 2.48. The number of fused-ring (bicyclic) bond motifs is 2. The van der Waals surface area contributed by atoms with Crippen molar-refractivity contribution in [1.29, 1.82) is 0 Å². The average molecular weight is 317 g/mol. The molecule has 2 saturated carbocycles. The first-order valence-corrected chi connectivity index (χ1v) is 8.48. The van der Waals surface area contributed by atoms with Crippen LogP contribution in [0.3, 0.4) is 0 Å². The van der Waals surface area contributed by atoms with Gasteiger partial charge in [-0.1, -0.05) is 0 Å². The lowest BCUT2D eigenvalue weighted by Crippen LogP contribution is -2.45. The zero-order chi connectivity index (χ0) is 15.2. The molecular weight excluding hydrogens is 300 g/mol. The second kappa shape index (κ2) is 5.30. The second-order valence-corrected chi connectivity index (χ2v) is 7.65. The van der Waals surface area contributed by atoms with Gasteiger partial charge in [0.05, 0.1) is 4.90 Å². The molecule has 0 radical (unpaired) electrons. The molecule has 2 aliphatic carbocycles. The van der Waals surface area contributed by atoms with E-state index in [2.05, 4.69) is 4.72 Å². The maximum absolute atomic E-state index is 13.2. The summed E-state index contributed by atoms with van der Waals surface area (Å²) in [6.45, 7) is -0.0775. The maximum Gasteiger partial charge on any atom is 0.241 e. The number of rotatable bonds is 4. The number of nitrogens with one attached hydrogen (secondary N) is 1. The maximum atomic E-state index is 13.2. The molecule has 4 unspecified atom stereocenters. The van der Waals surface area contributed by atoms with Crippen LogP contribution in [0, 0.1) is 29.4 Å². The smallest absolute Gasteiger partial charge is 0.241 e. The van der Waals surface area contributed by atoms with Crippen LogP contribution in [0.15, 0.2) is 23.1 Å². The summed E-state index contributed by atoms with van der Waals surface area (Å²) < 4.78 is 53.5. The van der Waals surface area contributed by atoms with Crippen LogP contribution in [0.1, 0.15) is 19.3 Å². The van der Waals surface area contributed by atoms with Gasteiger partial charge in [0.1, 0.15) is 11.6 Å². The van der Waals surface area contributed by atoms with Crippen molar-refractivity contribution in [3.8, 4) is 0 Å². The third-order valence-corrected chi connectivity index (χ3v) is 6.18. The Kier molecular flexibility index (Phi) is 3.75. The van der Waals surface area contributed by atoms with Crippen LogP contribution in [0.5, 0.6) is 0 Å². The summed E-state index contributed by atoms with van der Waals surface area (Å²) in [5.74, 6) is -1.45. The Morgan fingerprint density at radius 3 is 2.38 bits per heavy atom. The van der Waals surface area contributed by atoms with Crippen molar-refractivity contribution < 1.29 is 22.3 Å². The molecule has 0 heterocycles. The molecule has 0 amide bonds. The summed E-state index contributed by atoms with van der Waals surface area (Å²) in [4.78, 5) is -0.417. The predicted molar refractivity (Wildman–Crippen MR) is 71.9 cm³/mol. The third kappa shape index (κ3) is 2.69. The molecule has 4 atom stereocenters. The molecule has 0 spiro atoms. The van der Waals surface area contributed by atoms with E-state index >= 15 is 0 Å². The molecule has 21 heavy (non-hydrogen) atoms. The van der Waals surface area contributed by atoms with E-state index in [4.69, 9.17) is 0 Å². The minimum absolute atomic E-state index is 0.0775. The van der Waals surface area contributed by atoms with Crippen molar-refractivity contribution in [2.45, 2.75) is 30.2 Å². The van der Waals surface area contributed by atoms with Crippen LogP contribution in [-0.2, 0) is 10.0 Å². The summed E-state index contributed by atoms with van der Waals surface area (Å²) in [5.41, 5.74) is 0. The fourth-order valence-electron chi connectivity index (χ4n) is 3.79. The molecule has 3 rings (SSSR count). The number of aliphatic hydroxyl groups is 1. The average Bonchev–Trinajstić information content (AvgIpc) is 2.98. The van der Waals surface area contributed by atoms with Crippen molar-refractivity contribution in [2.24, 2.45) is 17.8 Å². The fraction of sp³-hybridized carbons (Fsp3) is 0.571. The Bertz CT molecular complexity index is 629. The standard InChI is InChI=1S/C14H17F2NO3S/c15-10-4-11(16)6-12(5-10)21(19,20)17-14-9-2-1-8(3-9)13(14)7-18/h4-6,8-9,13-14,17-18H,1-3,7H2. The van der Waals surface area contributed by atoms with E-state index in [0.29, 0.717) is 12.0 Å². The number of aliphatic hydroxyl groups excluding tert-OH is 1. The fourth-order valence-corrected chi connectivity index (χ4v) is 5.18. The predicted octanol–water partition coefficient (Wildman–Crippen LogP) is 1.65. The molecule has 2 fully saturated rings. The van der Waals surface area contributed by atoms with Gasteiger partial charge in [-0.3, -0.25) is 0 Å². The van der Waals surface area contributed by atoms with Crippen LogP contribution in [-0.4, -0.2) is 26.2 Å². The van der Waals surface area contributed by atoms with Crippen molar-refractivity contribution in [2.75, 3.05) is 6.61 Å². The Morgan fingerprint density at radius 1 is 1.14 bits per heavy atom. The van der Waals surface area contributed by atoms with E-state index in [-0.39, 0.29) is 24.5 Å². The first-order valence-electron chi connectivity index (χ1n) is 7.00.